The minimum Gasteiger partial charge on any atom is -0.481 e. The second kappa shape index (κ2) is 40.5. The molecule has 2 bridgehead atoms. The lowest BCUT2D eigenvalue weighted by Gasteiger charge is -2.32. The molecule has 0 saturated carbocycles. The first-order valence-corrected chi connectivity index (χ1v) is 33.9. The third-order valence-electron chi connectivity index (χ3n) is 15.0. The molecule has 3 aliphatic heterocycles. The van der Waals surface area contributed by atoms with Crippen LogP contribution in [-0.4, -0.2) is 234 Å². The fraction of sp³-hybridized carbons (Fsp3) is 0.627. The predicted octanol–water partition coefficient (Wildman–Crippen LogP) is -6.38. The molecule has 4 rings (SSSR count). The summed E-state index contributed by atoms with van der Waals surface area (Å²) in [6, 6.07) is -5.57. The van der Waals surface area contributed by atoms with Crippen molar-refractivity contribution in [1.82, 2.24) is 68.7 Å². The molecular formula is C59H91N17O18S2. The summed E-state index contributed by atoms with van der Waals surface area (Å²) in [5.41, 5.74) is 17.2. The summed E-state index contributed by atoms with van der Waals surface area (Å²) in [4.78, 5) is 214. The van der Waals surface area contributed by atoms with Crippen LogP contribution in [0.3, 0.4) is 0 Å². The predicted molar refractivity (Wildman–Crippen MR) is 348 cm³/mol. The summed E-state index contributed by atoms with van der Waals surface area (Å²) in [7, 11) is 1.66. The first-order valence-electron chi connectivity index (χ1n) is 31.4. The smallest absolute Gasteiger partial charge is 0.326 e. The van der Waals surface area contributed by atoms with Gasteiger partial charge in [0.25, 0.3) is 5.91 Å². The highest BCUT2D eigenvalue weighted by atomic mass is 33.1. The third kappa shape index (κ3) is 27.5. The number of nitrogens with one attached hydrogen (secondary N) is 12. The van der Waals surface area contributed by atoms with E-state index in [4.69, 9.17) is 21.9 Å². The Bertz CT molecular complexity index is 2960. The molecule has 0 aliphatic carbocycles. The van der Waals surface area contributed by atoms with E-state index in [0.717, 1.165) is 21.6 Å². The van der Waals surface area contributed by atoms with Gasteiger partial charge in [0.2, 0.25) is 70.9 Å². The Kier molecular flexibility index (Phi) is 33.6. The number of esters is 1. The van der Waals surface area contributed by atoms with Crippen LogP contribution in [0.1, 0.15) is 98.0 Å². The van der Waals surface area contributed by atoms with E-state index < -0.39 is 205 Å². The molecule has 13 amide bonds. The maximum atomic E-state index is 15.0. The summed E-state index contributed by atoms with van der Waals surface area (Å²) in [5, 5.41) is 49.9. The van der Waals surface area contributed by atoms with Gasteiger partial charge in [-0.05, 0) is 82.2 Å². The van der Waals surface area contributed by atoms with E-state index in [2.05, 4.69) is 68.8 Å². The molecule has 1 aromatic rings. The number of guanidine groups is 1. The summed E-state index contributed by atoms with van der Waals surface area (Å²) in [6.45, 7) is 4.54. The number of ether oxygens (including phenoxy) is 1. The number of carboxylic acid groups (broad SMARTS) is 1. The summed E-state index contributed by atoms with van der Waals surface area (Å²) >= 11 is 0. The van der Waals surface area contributed by atoms with Crippen molar-refractivity contribution < 1.29 is 86.9 Å². The number of carbonyl (C=O) groups is 15. The number of hydrogen-bond donors (Lipinski definition) is 17. The molecule has 0 unspecified atom stereocenters. The van der Waals surface area contributed by atoms with Gasteiger partial charge in [-0.1, -0.05) is 79.6 Å². The maximum absolute atomic E-state index is 15.0. The Hall–Kier alpha value is -8.84. The van der Waals surface area contributed by atoms with Gasteiger partial charge in [0.1, 0.15) is 60.9 Å². The van der Waals surface area contributed by atoms with Crippen LogP contribution in [0.4, 0.5) is 0 Å². The number of nitrogens with two attached hydrogens (primary N) is 3. The van der Waals surface area contributed by atoms with E-state index >= 15 is 0 Å². The Morgan fingerprint density at radius 1 is 0.604 bits per heavy atom. The molecule has 11 atom stereocenters. The van der Waals surface area contributed by atoms with Gasteiger partial charge in [-0.3, -0.25) is 76.9 Å². The normalized spacial score (nSPS) is 25.8. The molecule has 35 nitrogen and oxygen atoms in total. The van der Waals surface area contributed by atoms with Crippen molar-refractivity contribution in [3.8, 4) is 0 Å². The maximum Gasteiger partial charge on any atom is 0.326 e. The van der Waals surface area contributed by atoms with Gasteiger partial charge in [0, 0.05) is 25.3 Å². The van der Waals surface area contributed by atoms with E-state index in [1.54, 1.807) is 58.0 Å². The molecule has 0 aromatic heterocycles. The lowest BCUT2D eigenvalue weighted by molar-refractivity contribution is -0.154. The number of benzene rings is 1. The van der Waals surface area contributed by atoms with Gasteiger partial charge in [-0.15, -0.1) is 0 Å². The van der Waals surface area contributed by atoms with Gasteiger partial charge < -0.3 is 101 Å². The summed E-state index contributed by atoms with van der Waals surface area (Å²) < 4.78 is 5.56. The van der Waals surface area contributed by atoms with Crippen LogP contribution in [0.25, 0.3) is 0 Å². The number of carboxylic acids is 1. The monoisotopic (exact) mass is 1390 g/mol. The van der Waals surface area contributed by atoms with Crippen molar-refractivity contribution in [1.29, 1.82) is 0 Å². The zero-order valence-corrected chi connectivity index (χ0v) is 55.8. The van der Waals surface area contributed by atoms with Crippen molar-refractivity contribution in [2.45, 2.75) is 165 Å². The van der Waals surface area contributed by atoms with E-state index in [9.17, 15) is 82.1 Å². The molecule has 20 N–H and O–H groups in total. The average Bonchev–Trinajstić information content (AvgIpc) is 1.89. The average molecular weight is 1390 g/mol. The lowest BCUT2D eigenvalue weighted by atomic mass is 10.00. The van der Waals surface area contributed by atoms with Crippen molar-refractivity contribution >= 4 is 116 Å². The highest BCUT2D eigenvalue weighted by Gasteiger charge is 2.42. The number of aliphatic imine (C=N–C) groups is 1. The first kappa shape index (κ1) is 79.6. The Balaban J connectivity index is 1.88. The van der Waals surface area contributed by atoms with Crippen LogP contribution in [0.5, 0.6) is 0 Å². The summed E-state index contributed by atoms with van der Waals surface area (Å²) in [6.07, 6.45) is -3.88. The number of aliphatic hydroxyl groups is 1. The fourth-order valence-corrected chi connectivity index (χ4v) is 12.3. The zero-order chi connectivity index (χ0) is 71.2. The van der Waals surface area contributed by atoms with Crippen molar-refractivity contribution in [3.63, 3.8) is 0 Å². The largest absolute Gasteiger partial charge is 0.481 e. The Morgan fingerprint density at radius 2 is 1.18 bits per heavy atom. The van der Waals surface area contributed by atoms with Gasteiger partial charge >= 0.3 is 11.9 Å². The second-order valence-corrected chi connectivity index (χ2v) is 26.3. The van der Waals surface area contributed by atoms with E-state index in [0.29, 0.717) is 24.8 Å². The lowest BCUT2D eigenvalue weighted by Crippen LogP contribution is -2.61. The van der Waals surface area contributed by atoms with Crippen LogP contribution in [0.15, 0.2) is 35.3 Å². The number of hydrogen-bond acceptors (Lipinski definition) is 21. The third-order valence-corrected chi connectivity index (χ3v) is 17.4. The number of aliphatic carboxylic acids is 1. The minimum atomic E-state index is -1.89. The van der Waals surface area contributed by atoms with Crippen LogP contribution >= 0.6 is 21.6 Å². The highest BCUT2D eigenvalue weighted by Crippen LogP contribution is 2.26. The van der Waals surface area contributed by atoms with Crippen LogP contribution in [0, 0.1) is 11.8 Å². The molecule has 0 spiro atoms. The van der Waals surface area contributed by atoms with E-state index in [1.807, 2.05) is 0 Å². The molecule has 37 heteroatoms. The Morgan fingerprint density at radius 3 is 1.82 bits per heavy atom. The minimum absolute atomic E-state index is 0.00638. The molecule has 3 fully saturated rings. The number of amides is 13. The number of unbranched alkanes of at least 4 members (excludes halogenated alkanes) is 1. The SMILES string of the molecule is CC(C)C[C@@H]1NC(=O)[C@@H]2CSSC[C@H](OC(=O)CNC(=O)CNC(=O)CNC(=O)[C@H]([C@H](C)O)NC(=O)[C@H](CCCCN)NC(=O)[C@@H]3CCCN3C1=O)C(=O)N[C@@H](CCCN=C(N)N)C(=O)NCC(=O)N[C@@H](CC(=O)O)C(=O)N[C@H](Cc1ccccc1)C(=O)N[C@@H](C(C)C)C(=O)N2. The van der Waals surface area contributed by atoms with Crippen LogP contribution < -0.4 is 81.0 Å². The van der Waals surface area contributed by atoms with Crippen molar-refractivity contribution in [3.05, 3.63) is 35.9 Å². The quantitative estimate of drug-likeness (QED) is 0.0241. The van der Waals surface area contributed by atoms with E-state index in [-0.39, 0.29) is 70.0 Å². The van der Waals surface area contributed by atoms with Crippen LogP contribution in [0.2, 0.25) is 0 Å². The van der Waals surface area contributed by atoms with Gasteiger partial charge in [-0.25, -0.2) is 0 Å². The summed E-state index contributed by atoms with van der Waals surface area (Å²) in [5.74, 6) is -17.8. The van der Waals surface area contributed by atoms with Crippen molar-refractivity contribution in [2.75, 3.05) is 57.3 Å². The number of fused-ring (bicyclic) bond motifs is 6. The van der Waals surface area contributed by atoms with Gasteiger partial charge in [0.05, 0.1) is 37.9 Å². The molecule has 1 aromatic carbocycles. The fourth-order valence-electron chi connectivity index (χ4n) is 10.0. The Labute approximate surface area is 562 Å². The second-order valence-electron chi connectivity index (χ2n) is 23.8. The number of aliphatic hydroxyl groups excluding tert-OH is 1. The van der Waals surface area contributed by atoms with Gasteiger partial charge in [-0.2, -0.15) is 0 Å². The van der Waals surface area contributed by atoms with Crippen molar-refractivity contribution in [2.24, 2.45) is 34.0 Å². The number of carbonyl (C=O) groups excluding carboxylic acids is 14. The number of nitrogens with zero attached hydrogens (tertiary/aromatic N) is 2. The van der Waals surface area contributed by atoms with Crippen LogP contribution in [-0.2, 0) is 83.1 Å². The molecule has 3 heterocycles. The topological polar surface area (TPSA) is 544 Å². The zero-order valence-electron chi connectivity index (χ0n) is 54.2. The highest BCUT2D eigenvalue weighted by molar-refractivity contribution is 8.76. The first-order chi connectivity index (χ1) is 45.5. The molecule has 96 heavy (non-hydrogen) atoms. The molecular weight excluding hydrogens is 1300 g/mol. The molecule has 3 aliphatic rings. The molecule has 0 radical (unpaired) electrons. The van der Waals surface area contributed by atoms with Gasteiger partial charge in [0.15, 0.2) is 12.1 Å². The number of rotatable bonds is 16. The molecule has 3 saturated heterocycles. The standard InChI is InChI=1S/C59H91N17O18S2/c1-30(2)21-38-58(93)76-20-12-17-40(76)54(89)69-35(15-9-10-18-60)50(85)75-48(32(5)77)56(91)67-25-43(79)64-24-42(78)65-27-46(83)94-41-29-96-95-28-39(53(88)72-38)73-57(92)47(31(3)4)74-52(87)36(22-33-13-7-6-8-14-33)71-51(86)37(23-45(81)82)68-44(80)26-66-49(84)34(70-55(41)90)16-11-19-63-59(61)62/h6-8,13-14,30-32,34-41,47-48,77H,9-12,15-29,60H2,1-5H3,(H,64,79)(H,65,78)(H,66,84)(H,67,91)(H,68,80)(H,69,89)(H,70,90)(H,71,86)(H,72,88)(H,73,92)(H,74,87)(H,75,85)(H,81,82)(H4,61,62,63)/t32-,34-,35-,36+,37-,38-,39-,40-,41-,47-,48-/m0/s1. The van der Waals surface area contributed by atoms with E-state index in [1.165, 1.54) is 11.8 Å². The molecule has 532 valence electrons.